The lowest BCUT2D eigenvalue weighted by molar-refractivity contribution is -0.114. The molecule has 3 nitrogen and oxygen atoms in total. The summed E-state index contributed by atoms with van der Waals surface area (Å²) in [6.07, 6.45) is 4.90. The molecule has 1 aromatic rings. The highest BCUT2D eigenvalue weighted by Gasteiger charge is 2.13. The van der Waals surface area contributed by atoms with Crippen LogP contribution in [0.15, 0.2) is 28.4 Å². The topological polar surface area (TPSA) is 42.9 Å². The number of hydrogen-bond donors (Lipinski definition) is 0. The smallest absolute Gasteiger partial charge is 0.192 e. The lowest BCUT2D eigenvalue weighted by Crippen LogP contribution is -1.87. The van der Waals surface area contributed by atoms with Crippen molar-refractivity contribution in [2.45, 2.75) is 24.9 Å². The van der Waals surface area contributed by atoms with E-state index in [2.05, 4.69) is 9.97 Å². The zero-order valence-corrected chi connectivity index (χ0v) is 8.67. The highest BCUT2D eigenvalue weighted by molar-refractivity contribution is 8.03. The van der Waals surface area contributed by atoms with E-state index in [-0.39, 0.29) is 5.78 Å². The van der Waals surface area contributed by atoms with Crippen LogP contribution in [0.3, 0.4) is 0 Å². The molecule has 0 spiro atoms. The first-order chi connectivity index (χ1) is 6.74. The van der Waals surface area contributed by atoms with Crippen molar-refractivity contribution in [1.29, 1.82) is 0 Å². The van der Waals surface area contributed by atoms with Gasteiger partial charge in [-0.15, -0.1) is 0 Å². The number of aromatic nitrogens is 2. The highest BCUT2D eigenvalue weighted by Crippen LogP contribution is 2.30. The number of thioether (sulfide) groups is 1. The molecule has 1 aromatic heterocycles. The van der Waals surface area contributed by atoms with Crippen molar-refractivity contribution < 1.29 is 4.79 Å². The van der Waals surface area contributed by atoms with E-state index in [0.29, 0.717) is 6.42 Å². The number of aryl methyl sites for hydroxylation is 1. The van der Waals surface area contributed by atoms with Gasteiger partial charge in [-0.05, 0) is 30.4 Å². The van der Waals surface area contributed by atoms with Gasteiger partial charge in [-0.2, -0.15) is 0 Å². The minimum absolute atomic E-state index is 0.208. The van der Waals surface area contributed by atoms with Crippen molar-refractivity contribution in [2.75, 3.05) is 0 Å². The molecule has 1 heterocycles. The van der Waals surface area contributed by atoms with Crippen LogP contribution in [0.1, 0.15) is 18.5 Å². The van der Waals surface area contributed by atoms with Crippen LogP contribution in [-0.4, -0.2) is 15.8 Å². The van der Waals surface area contributed by atoms with E-state index >= 15 is 0 Å². The van der Waals surface area contributed by atoms with Gasteiger partial charge in [-0.3, -0.25) is 4.79 Å². The summed E-state index contributed by atoms with van der Waals surface area (Å²) < 4.78 is 0. The summed E-state index contributed by atoms with van der Waals surface area (Å²) in [5.41, 5.74) is 0.951. The minimum Gasteiger partial charge on any atom is -0.295 e. The van der Waals surface area contributed by atoms with Crippen LogP contribution in [0, 0.1) is 6.92 Å². The third-order valence-corrected chi connectivity index (χ3v) is 2.90. The minimum atomic E-state index is 0.208. The monoisotopic (exact) mass is 206 g/mol. The molecule has 1 aliphatic carbocycles. The fraction of sp³-hybridized carbons (Fsp3) is 0.300. The predicted octanol–water partition coefficient (Wildman–Crippen LogP) is 2.12. The second-order valence-electron chi connectivity index (χ2n) is 3.16. The second kappa shape index (κ2) is 3.92. The van der Waals surface area contributed by atoms with Gasteiger partial charge in [0.05, 0.1) is 0 Å². The molecule has 14 heavy (non-hydrogen) atoms. The maximum atomic E-state index is 11.0. The Balaban J connectivity index is 2.11. The predicted molar refractivity (Wildman–Crippen MR) is 55.0 cm³/mol. The normalized spacial score (nSPS) is 15.8. The van der Waals surface area contributed by atoms with E-state index in [1.165, 1.54) is 11.8 Å². The van der Waals surface area contributed by atoms with E-state index in [0.717, 1.165) is 22.2 Å². The zero-order valence-electron chi connectivity index (χ0n) is 7.86. The van der Waals surface area contributed by atoms with Crippen LogP contribution in [0.4, 0.5) is 0 Å². The Morgan fingerprint density at radius 2 is 2.29 bits per heavy atom. The Morgan fingerprint density at radius 1 is 1.43 bits per heavy atom. The standard InChI is InChI=1S/C10H10N2OS/c1-7-4-5-11-10(12-7)14-9-3-2-8(13)6-9/h4-6H,2-3H2,1H3. The number of rotatable bonds is 2. The molecule has 0 N–H and O–H groups in total. The molecule has 0 radical (unpaired) electrons. The van der Waals surface area contributed by atoms with Crippen LogP contribution < -0.4 is 0 Å². The fourth-order valence-electron chi connectivity index (χ4n) is 1.24. The van der Waals surface area contributed by atoms with Gasteiger partial charge in [-0.25, -0.2) is 9.97 Å². The molecule has 0 aromatic carbocycles. The van der Waals surface area contributed by atoms with Crippen molar-refractivity contribution in [2.24, 2.45) is 0 Å². The first-order valence-corrected chi connectivity index (χ1v) is 5.26. The van der Waals surface area contributed by atoms with E-state index in [1.807, 2.05) is 13.0 Å². The van der Waals surface area contributed by atoms with Gasteiger partial charge in [0.2, 0.25) is 0 Å². The Bertz CT molecular complexity index is 401. The molecule has 0 aliphatic heterocycles. The molecule has 2 rings (SSSR count). The van der Waals surface area contributed by atoms with Gasteiger partial charge in [-0.1, -0.05) is 11.8 Å². The van der Waals surface area contributed by atoms with Gasteiger partial charge in [0.25, 0.3) is 0 Å². The van der Waals surface area contributed by atoms with Crippen molar-refractivity contribution in [3.63, 3.8) is 0 Å². The van der Waals surface area contributed by atoms with Crippen LogP contribution in [-0.2, 0) is 4.79 Å². The van der Waals surface area contributed by atoms with E-state index < -0.39 is 0 Å². The first-order valence-electron chi connectivity index (χ1n) is 4.45. The van der Waals surface area contributed by atoms with Crippen molar-refractivity contribution in [1.82, 2.24) is 9.97 Å². The molecule has 1 aliphatic rings. The summed E-state index contributed by atoms with van der Waals surface area (Å²) in [5, 5.41) is 0.728. The lowest BCUT2D eigenvalue weighted by atomic mass is 10.3. The average Bonchev–Trinajstić information content (AvgIpc) is 2.51. The van der Waals surface area contributed by atoms with Crippen LogP contribution in [0.2, 0.25) is 0 Å². The number of carbonyl (C=O) groups is 1. The van der Waals surface area contributed by atoms with Gasteiger partial charge in [0.15, 0.2) is 10.9 Å². The molecular formula is C10H10N2OS. The van der Waals surface area contributed by atoms with E-state index in [1.54, 1.807) is 12.3 Å². The van der Waals surface area contributed by atoms with Crippen molar-refractivity contribution >= 4 is 17.5 Å². The molecule has 0 unspecified atom stereocenters. The van der Waals surface area contributed by atoms with Gasteiger partial charge < -0.3 is 0 Å². The van der Waals surface area contributed by atoms with E-state index in [4.69, 9.17) is 0 Å². The summed E-state index contributed by atoms with van der Waals surface area (Å²) in [6, 6.07) is 1.86. The molecule has 0 bridgehead atoms. The largest absolute Gasteiger partial charge is 0.295 e. The maximum absolute atomic E-state index is 11.0. The molecule has 0 atom stereocenters. The lowest BCUT2D eigenvalue weighted by Gasteiger charge is -1.99. The summed E-state index contributed by atoms with van der Waals surface area (Å²) in [6.45, 7) is 1.93. The number of nitrogens with zero attached hydrogens (tertiary/aromatic N) is 2. The molecule has 72 valence electrons. The van der Waals surface area contributed by atoms with Crippen LogP contribution in [0.25, 0.3) is 0 Å². The molecule has 0 amide bonds. The summed E-state index contributed by atoms with van der Waals surface area (Å²) >= 11 is 1.49. The zero-order chi connectivity index (χ0) is 9.97. The maximum Gasteiger partial charge on any atom is 0.192 e. The van der Waals surface area contributed by atoms with Crippen molar-refractivity contribution in [3.8, 4) is 0 Å². The van der Waals surface area contributed by atoms with E-state index in [9.17, 15) is 4.79 Å². The Hall–Kier alpha value is -1.16. The van der Waals surface area contributed by atoms with Crippen LogP contribution >= 0.6 is 11.8 Å². The Labute approximate surface area is 86.6 Å². The quantitative estimate of drug-likeness (QED) is 0.695. The third-order valence-electron chi connectivity index (χ3n) is 1.93. The number of hydrogen-bond acceptors (Lipinski definition) is 4. The average molecular weight is 206 g/mol. The molecule has 0 saturated carbocycles. The molecule has 0 fully saturated rings. The molecular weight excluding hydrogens is 196 g/mol. The third kappa shape index (κ3) is 2.20. The van der Waals surface area contributed by atoms with Crippen LogP contribution in [0.5, 0.6) is 0 Å². The van der Waals surface area contributed by atoms with Gasteiger partial charge in [0, 0.05) is 18.3 Å². The molecule has 4 heteroatoms. The SMILES string of the molecule is Cc1ccnc(SC2=CC(=O)CC2)n1. The van der Waals surface area contributed by atoms with Crippen molar-refractivity contribution in [3.05, 3.63) is 28.9 Å². The fourth-order valence-corrected chi connectivity index (χ4v) is 2.18. The number of ketones is 1. The van der Waals surface area contributed by atoms with Gasteiger partial charge >= 0.3 is 0 Å². The second-order valence-corrected chi connectivity index (χ2v) is 4.25. The summed E-state index contributed by atoms with van der Waals surface area (Å²) in [4.78, 5) is 20.4. The number of allylic oxidation sites excluding steroid dienone is 2. The van der Waals surface area contributed by atoms with Gasteiger partial charge in [0.1, 0.15) is 0 Å². The summed E-state index contributed by atoms with van der Waals surface area (Å²) in [7, 11) is 0. The Morgan fingerprint density at radius 3 is 2.93 bits per heavy atom. The first kappa shape index (κ1) is 9.40. The Kier molecular flexibility index (Phi) is 2.63. The summed E-state index contributed by atoms with van der Waals surface area (Å²) in [5.74, 6) is 0.208. The highest BCUT2D eigenvalue weighted by atomic mass is 32.2. The number of carbonyl (C=O) groups excluding carboxylic acids is 1. The molecule has 0 saturated heterocycles.